The van der Waals surface area contributed by atoms with Gasteiger partial charge in [0.25, 0.3) is 0 Å². The molecule has 1 aromatic rings. The predicted octanol–water partition coefficient (Wildman–Crippen LogP) is 1.93. The van der Waals surface area contributed by atoms with Gasteiger partial charge < -0.3 is 0 Å². The van der Waals surface area contributed by atoms with Crippen LogP contribution in [0.25, 0.3) is 0 Å². The monoisotopic (exact) mass is 242 g/mol. The van der Waals surface area contributed by atoms with Gasteiger partial charge in [0.1, 0.15) is 5.82 Å². The Morgan fingerprint density at radius 3 is 2.69 bits per heavy atom. The molecule has 1 aromatic carbocycles. The van der Waals surface area contributed by atoms with Gasteiger partial charge in [-0.05, 0) is 24.1 Å². The van der Waals surface area contributed by atoms with Crippen LogP contribution in [0.2, 0.25) is 0 Å². The van der Waals surface area contributed by atoms with Crippen molar-refractivity contribution in [2.45, 2.75) is 24.0 Å². The molecule has 0 aliphatic heterocycles. The molecule has 0 saturated carbocycles. The summed E-state index contributed by atoms with van der Waals surface area (Å²) in [5, 5.41) is -0.313. The molecule has 3 N–H and O–H groups in total. The molecule has 0 bridgehead atoms. The van der Waals surface area contributed by atoms with Gasteiger partial charge in [-0.3, -0.25) is 10.2 Å². The molecule has 0 aromatic heterocycles. The van der Waals surface area contributed by atoms with E-state index < -0.39 is 0 Å². The van der Waals surface area contributed by atoms with Gasteiger partial charge in [-0.25, -0.2) is 10.2 Å². The molecule has 0 saturated heterocycles. The molecule has 0 spiro atoms. The zero-order valence-electron chi connectivity index (χ0n) is 9.24. The second-order valence-corrected chi connectivity index (χ2v) is 4.96. The first-order valence-corrected chi connectivity index (χ1v) is 5.85. The van der Waals surface area contributed by atoms with Crippen LogP contribution in [0.1, 0.15) is 13.8 Å². The fourth-order valence-electron chi connectivity index (χ4n) is 1.26. The van der Waals surface area contributed by atoms with Crippen LogP contribution in [0.5, 0.6) is 0 Å². The van der Waals surface area contributed by atoms with E-state index in [1.807, 2.05) is 13.8 Å². The predicted molar refractivity (Wildman–Crippen MR) is 63.2 cm³/mol. The molecule has 1 rings (SSSR count). The smallest absolute Gasteiger partial charge is 0.247 e. The maximum absolute atomic E-state index is 13.0. The SMILES string of the molecule is CC(C)C(Sc1cccc(F)c1)C(=O)NN. The standard InChI is InChI=1S/C11H15FN2OS/c1-7(2)10(11(15)14-13)16-9-5-3-4-8(12)6-9/h3-7,10H,13H2,1-2H3,(H,14,15). The summed E-state index contributed by atoms with van der Waals surface area (Å²) in [5.74, 6) is 4.68. The van der Waals surface area contributed by atoms with Crippen LogP contribution in [0.15, 0.2) is 29.2 Å². The molecule has 1 amide bonds. The molecule has 0 aliphatic carbocycles. The second-order valence-electron chi connectivity index (χ2n) is 3.75. The minimum Gasteiger partial charge on any atom is -0.293 e. The summed E-state index contributed by atoms with van der Waals surface area (Å²) in [4.78, 5) is 12.2. The van der Waals surface area contributed by atoms with Crippen LogP contribution >= 0.6 is 11.8 Å². The number of carbonyl (C=O) groups excluding carboxylic acids is 1. The molecule has 1 atom stereocenters. The Balaban J connectivity index is 2.79. The first-order valence-electron chi connectivity index (χ1n) is 4.97. The number of thioether (sulfide) groups is 1. The summed E-state index contributed by atoms with van der Waals surface area (Å²) in [6, 6.07) is 6.17. The van der Waals surface area contributed by atoms with Gasteiger partial charge in [-0.2, -0.15) is 0 Å². The van der Waals surface area contributed by atoms with Crippen molar-refractivity contribution in [2.24, 2.45) is 11.8 Å². The van der Waals surface area contributed by atoms with E-state index in [9.17, 15) is 9.18 Å². The summed E-state index contributed by atoms with van der Waals surface area (Å²) in [6.45, 7) is 3.85. The third kappa shape index (κ3) is 3.50. The highest BCUT2D eigenvalue weighted by molar-refractivity contribution is 8.00. The Kier molecular flexibility index (Phi) is 4.76. The second kappa shape index (κ2) is 5.86. The van der Waals surface area contributed by atoms with Gasteiger partial charge in [-0.15, -0.1) is 11.8 Å². The minimum atomic E-state index is -0.313. The molecule has 0 fully saturated rings. The van der Waals surface area contributed by atoms with Crippen LogP contribution in [0.3, 0.4) is 0 Å². The van der Waals surface area contributed by atoms with Gasteiger partial charge in [0.2, 0.25) is 5.91 Å². The van der Waals surface area contributed by atoms with Crippen molar-refractivity contribution < 1.29 is 9.18 Å². The highest BCUT2D eigenvalue weighted by Crippen LogP contribution is 2.28. The summed E-state index contributed by atoms with van der Waals surface area (Å²) >= 11 is 1.31. The van der Waals surface area contributed by atoms with E-state index in [0.29, 0.717) is 0 Å². The van der Waals surface area contributed by atoms with E-state index >= 15 is 0 Å². The van der Waals surface area contributed by atoms with Crippen LogP contribution in [-0.4, -0.2) is 11.2 Å². The lowest BCUT2D eigenvalue weighted by molar-refractivity contribution is -0.121. The number of rotatable bonds is 4. The number of hydrogen-bond acceptors (Lipinski definition) is 3. The normalized spacial score (nSPS) is 12.6. The lowest BCUT2D eigenvalue weighted by Gasteiger charge is -2.18. The van der Waals surface area contributed by atoms with Gasteiger partial charge in [0.15, 0.2) is 0 Å². The number of benzene rings is 1. The fraction of sp³-hybridized carbons (Fsp3) is 0.364. The highest BCUT2D eigenvalue weighted by Gasteiger charge is 2.22. The van der Waals surface area contributed by atoms with Gasteiger partial charge in [0.05, 0.1) is 5.25 Å². The van der Waals surface area contributed by atoms with Crippen molar-refractivity contribution >= 4 is 17.7 Å². The zero-order chi connectivity index (χ0) is 12.1. The maximum atomic E-state index is 13.0. The average molecular weight is 242 g/mol. The van der Waals surface area contributed by atoms with Gasteiger partial charge in [-0.1, -0.05) is 19.9 Å². The number of carbonyl (C=O) groups is 1. The molecule has 16 heavy (non-hydrogen) atoms. The number of nitrogens with one attached hydrogen (secondary N) is 1. The van der Waals surface area contributed by atoms with E-state index in [4.69, 9.17) is 5.84 Å². The molecular weight excluding hydrogens is 227 g/mol. The topological polar surface area (TPSA) is 55.1 Å². The van der Waals surface area contributed by atoms with Crippen molar-refractivity contribution in [3.63, 3.8) is 0 Å². The Morgan fingerprint density at radius 1 is 1.50 bits per heavy atom. The zero-order valence-corrected chi connectivity index (χ0v) is 10.1. The van der Waals surface area contributed by atoms with E-state index in [0.717, 1.165) is 4.90 Å². The van der Waals surface area contributed by atoms with Crippen molar-refractivity contribution in [2.75, 3.05) is 0 Å². The lowest BCUT2D eigenvalue weighted by Crippen LogP contribution is -2.39. The Morgan fingerprint density at radius 2 is 2.19 bits per heavy atom. The third-order valence-electron chi connectivity index (χ3n) is 2.07. The average Bonchev–Trinajstić information content (AvgIpc) is 2.24. The Hall–Kier alpha value is -1.07. The van der Waals surface area contributed by atoms with Gasteiger partial charge in [0, 0.05) is 4.90 Å². The molecule has 0 radical (unpaired) electrons. The van der Waals surface area contributed by atoms with E-state index in [-0.39, 0.29) is 22.9 Å². The Bertz CT molecular complexity index is 371. The molecule has 88 valence electrons. The summed E-state index contributed by atoms with van der Waals surface area (Å²) in [7, 11) is 0. The molecule has 0 heterocycles. The number of hydrazine groups is 1. The molecular formula is C11H15FN2OS. The molecule has 3 nitrogen and oxygen atoms in total. The van der Waals surface area contributed by atoms with Crippen molar-refractivity contribution in [1.82, 2.24) is 5.43 Å². The minimum absolute atomic E-state index is 0.122. The quantitative estimate of drug-likeness (QED) is 0.367. The first-order chi connectivity index (χ1) is 7.54. The number of amides is 1. The largest absolute Gasteiger partial charge is 0.293 e. The summed E-state index contributed by atoms with van der Waals surface area (Å²) in [5.41, 5.74) is 2.13. The van der Waals surface area contributed by atoms with Gasteiger partial charge >= 0.3 is 0 Å². The van der Waals surface area contributed by atoms with Crippen molar-refractivity contribution in [1.29, 1.82) is 0 Å². The first kappa shape index (κ1) is 13.0. The van der Waals surface area contributed by atoms with Crippen LogP contribution in [0, 0.1) is 11.7 Å². The van der Waals surface area contributed by atoms with Crippen LogP contribution in [0.4, 0.5) is 4.39 Å². The summed E-state index contributed by atoms with van der Waals surface area (Å²) in [6.07, 6.45) is 0. The van der Waals surface area contributed by atoms with E-state index in [1.165, 1.54) is 23.9 Å². The Labute approximate surface area is 98.6 Å². The number of hydrogen-bond donors (Lipinski definition) is 2. The van der Waals surface area contributed by atoms with E-state index in [1.54, 1.807) is 12.1 Å². The molecule has 5 heteroatoms. The lowest BCUT2D eigenvalue weighted by atomic mass is 10.1. The number of nitrogens with two attached hydrogens (primary N) is 1. The van der Waals surface area contributed by atoms with Crippen molar-refractivity contribution in [3.8, 4) is 0 Å². The highest BCUT2D eigenvalue weighted by atomic mass is 32.2. The summed E-state index contributed by atoms with van der Waals surface area (Å²) < 4.78 is 13.0. The fourth-order valence-corrected chi connectivity index (χ4v) is 2.34. The van der Waals surface area contributed by atoms with Crippen LogP contribution in [-0.2, 0) is 4.79 Å². The third-order valence-corrected chi connectivity index (χ3v) is 3.60. The van der Waals surface area contributed by atoms with Crippen molar-refractivity contribution in [3.05, 3.63) is 30.1 Å². The maximum Gasteiger partial charge on any atom is 0.247 e. The molecule has 1 unspecified atom stereocenters. The van der Waals surface area contributed by atoms with Crippen LogP contribution < -0.4 is 11.3 Å². The molecule has 0 aliphatic rings. The number of halogens is 1. The van der Waals surface area contributed by atoms with E-state index in [2.05, 4.69) is 5.43 Å².